The fourth-order valence-corrected chi connectivity index (χ4v) is 13.7. The molecular weight excluding hydrogens is 1040 g/mol. The van der Waals surface area contributed by atoms with Gasteiger partial charge in [0.15, 0.2) is 50.3 Å². The number of rotatable bonds is 17. The topological polar surface area (TPSA) is 269 Å². The first kappa shape index (κ1) is 62.6. The van der Waals surface area contributed by atoms with Crippen LogP contribution in [0.1, 0.15) is 116 Å². The molecule has 22 heteroatoms. The average Bonchev–Trinajstić information content (AvgIpc) is 3.98. The summed E-state index contributed by atoms with van der Waals surface area (Å²) in [4.78, 5) is 0. The Labute approximate surface area is 467 Å². The smallest absolute Gasteiger partial charge is 0.187 e. The molecule has 0 aromatic heterocycles. The van der Waals surface area contributed by atoms with E-state index >= 15 is 0 Å². The van der Waals surface area contributed by atoms with Crippen molar-refractivity contribution in [2.75, 3.05) is 26.4 Å². The molecule has 0 amide bonds. The van der Waals surface area contributed by atoms with E-state index in [4.69, 9.17) is 75.8 Å². The van der Waals surface area contributed by atoms with E-state index in [2.05, 4.69) is 76.2 Å². The van der Waals surface area contributed by atoms with Crippen molar-refractivity contribution in [3.63, 3.8) is 0 Å². The SMILES string of the molecule is CCC1O[C@@H](O[C@H]2C(CC)O[C@@H](O[C@H]3C(C)C(C)[C@@H]4OC[C@@H]3O4)[C@H](C)C2C)[C@H](C)C(C)[C@H]1O[C@H]1O[C@H](CC)[C@@H](O[C@H]2O[C@H](CO)[C@@H](O[C@@H]3OC(CO)[C@H](O[C@@H]4OC5COC(C)O[C@@H]5[C@H](O)C4O)C(O)[C@H]3O)C(C)C2C)C(C)C1C. The van der Waals surface area contributed by atoms with E-state index < -0.39 is 124 Å². The van der Waals surface area contributed by atoms with Crippen LogP contribution < -0.4 is 0 Å². The third-order valence-electron chi connectivity index (χ3n) is 20.1. The summed E-state index contributed by atoms with van der Waals surface area (Å²) in [7, 11) is 0. The summed E-state index contributed by atoms with van der Waals surface area (Å²) in [5.74, 6) is -0.0825. The zero-order valence-corrected chi connectivity index (χ0v) is 48.9. The first-order valence-corrected chi connectivity index (χ1v) is 30.0. The van der Waals surface area contributed by atoms with Crippen molar-refractivity contribution >= 4 is 0 Å². The van der Waals surface area contributed by atoms with Crippen LogP contribution in [-0.4, -0.2) is 217 Å². The molecule has 9 aliphatic rings. The highest BCUT2D eigenvalue weighted by Crippen LogP contribution is 2.46. The molecule has 9 heterocycles. The van der Waals surface area contributed by atoms with Gasteiger partial charge < -0.3 is 106 Å². The normalized spacial score (nSPS) is 55.3. The molecule has 2 bridgehead atoms. The van der Waals surface area contributed by atoms with Gasteiger partial charge >= 0.3 is 0 Å². The van der Waals surface area contributed by atoms with Gasteiger partial charge in [0.05, 0.1) is 75.3 Å². The van der Waals surface area contributed by atoms with Crippen LogP contribution in [0.2, 0.25) is 0 Å². The van der Waals surface area contributed by atoms with Crippen LogP contribution in [0, 0.1) is 59.2 Å². The van der Waals surface area contributed by atoms with Crippen LogP contribution in [0.15, 0.2) is 0 Å². The summed E-state index contributed by atoms with van der Waals surface area (Å²) in [5.41, 5.74) is 0. The second-order valence-electron chi connectivity index (χ2n) is 24.9. The lowest BCUT2D eigenvalue weighted by atomic mass is 9.81. The summed E-state index contributed by atoms with van der Waals surface area (Å²) in [5, 5.41) is 65.8. The van der Waals surface area contributed by atoms with Crippen LogP contribution in [0.4, 0.5) is 0 Å². The van der Waals surface area contributed by atoms with Crippen molar-refractivity contribution in [2.24, 2.45) is 59.2 Å². The molecule has 0 spiro atoms. The Morgan fingerprint density at radius 2 is 0.684 bits per heavy atom. The number of fused-ring (bicyclic) bond motifs is 3. The second-order valence-corrected chi connectivity index (χ2v) is 24.9. The van der Waals surface area contributed by atoms with Crippen molar-refractivity contribution in [1.82, 2.24) is 0 Å². The highest BCUT2D eigenvalue weighted by molar-refractivity contribution is 4.99. The fourth-order valence-electron chi connectivity index (χ4n) is 13.7. The Hall–Kier alpha value is -0.880. The molecule has 79 heavy (non-hydrogen) atoms. The van der Waals surface area contributed by atoms with E-state index in [1.807, 2.05) is 13.8 Å². The minimum absolute atomic E-state index is 0.0131. The lowest BCUT2D eigenvalue weighted by molar-refractivity contribution is -0.391. The van der Waals surface area contributed by atoms with E-state index in [-0.39, 0.29) is 115 Å². The molecule has 36 atom stereocenters. The van der Waals surface area contributed by atoms with Gasteiger partial charge in [0.25, 0.3) is 0 Å². The Bertz CT molecular complexity index is 1900. The summed E-state index contributed by atoms with van der Waals surface area (Å²) in [6.45, 7) is 28.8. The summed E-state index contributed by atoms with van der Waals surface area (Å²) < 4.78 is 102. The van der Waals surface area contributed by atoms with Crippen LogP contribution in [0.5, 0.6) is 0 Å². The zero-order valence-electron chi connectivity index (χ0n) is 48.9. The van der Waals surface area contributed by atoms with E-state index in [1.54, 1.807) is 6.92 Å². The monoisotopic (exact) mass is 1130 g/mol. The van der Waals surface area contributed by atoms with Crippen molar-refractivity contribution < 1.29 is 106 Å². The maximum atomic E-state index is 11.4. The van der Waals surface area contributed by atoms with E-state index in [0.717, 1.165) is 6.42 Å². The predicted octanol–water partition coefficient (Wildman–Crippen LogP) is 3.18. The second kappa shape index (κ2) is 26.4. The van der Waals surface area contributed by atoms with Crippen LogP contribution in [0.25, 0.3) is 0 Å². The van der Waals surface area contributed by atoms with Crippen LogP contribution in [-0.2, 0) is 75.8 Å². The lowest BCUT2D eigenvalue weighted by Gasteiger charge is -2.52. The van der Waals surface area contributed by atoms with E-state index in [0.29, 0.717) is 19.4 Å². The van der Waals surface area contributed by atoms with Gasteiger partial charge in [-0.2, -0.15) is 0 Å². The Morgan fingerprint density at radius 1 is 0.329 bits per heavy atom. The van der Waals surface area contributed by atoms with Gasteiger partial charge in [-0.15, -0.1) is 0 Å². The van der Waals surface area contributed by atoms with Crippen molar-refractivity contribution in [2.45, 2.75) is 276 Å². The molecule has 22 nitrogen and oxygen atoms in total. The zero-order chi connectivity index (χ0) is 57.0. The molecule has 6 N–H and O–H groups in total. The molecule has 0 aliphatic carbocycles. The Kier molecular flexibility index (Phi) is 20.9. The largest absolute Gasteiger partial charge is 0.394 e. The number of hydrogen-bond donors (Lipinski definition) is 6. The maximum absolute atomic E-state index is 11.4. The molecule has 9 rings (SSSR count). The average molecular weight is 1140 g/mol. The number of aliphatic hydroxyl groups is 6. The first-order valence-electron chi connectivity index (χ1n) is 30.0. The standard InChI is InChI=1S/C57H98O22/c1-15-33-44(23(5)28(10)52(67-33)75-45-25(7)30(12)54(69-34(45)16-2)77-48-22(4)27(9)51-65-21-38(48)72-51)74-53-29(11)24(6)46(35(17-3)68-53)76-55-31(13)26(8)47(36(18-58)70-55)78-56-42(62)40(60)49(37(19-59)71-56)79-57-43(63)41(61)50-39(73-57)20-64-32(14)66-50/h22-63H,15-21H2,1-14H3/t22?,23?,24?,25?,26?,27?,28-,29?,30-,31?,32?,33?,34?,35-,36-,37?,38+,39?,40?,41-,42-,43?,44-,45-,46+,47+,48+,49+,50+,51-,52+,53-,54+,55-,56+,57+/m1/s1. The molecule has 9 saturated heterocycles. The van der Waals surface area contributed by atoms with Crippen molar-refractivity contribution in [3.8, 4) is 0 Å². The van der Waals surface area contributed by atoms with Gasteiger partial charge in [0.1, 0.15) is 61.0 Å². The molecular formula is C57H98O22. The highest BCUT2D eigenvalue weighted by Gasteiger charge is 2.57. The summed E-state index contributed by atoms with van der Waals surface area (Å²) in [6.07, 6.45) is -18.4. The molecule has 9 fully saturated rings. The van der Waals surface area contributed by atoms with Gasteiger partial charge in [-0.25, -0.2) is 0 Å². The Morgan fingerprint density at radius 3 is 1.15 bits per heavy atom. The minimum Gasteiger partial charge on any atom is -0.394 e. The third kappa shape index (κ3) is 12.4. The van der Waals surface area contributed by atoms with Gasteiger partial charge in [0, 0.05) is 29.6 Å². The molecule has 15 unspecified atom stereocenters. The summed E-state index contributed by atoms with van der Waals surface area (Å²) >= 11 is 0. The molecule has 0 saturated carbocycles. The Balaban J connectivity index is 0.786. The lowest BCUT2D eigenvalue weighted by Crippen LogP contribution is -2.66. The molecule has 458 valence electrons. The fraction of sp³-hybridized carbons (Fsp3) is 1.00. The number of hydrogen-bond acceptors (Lipinski definition) is 22. The van der Waals surface area contributed by atoms with Crippen molar-refractivity contribution in [3.05, 3.63) is 0 Å². The van der Waals surface area contributed by atoms with Gasteiger partial charge in [-0.05, 0) is 55.8 Å². The predicted molar refractivity (Wildman–Crippen MR) is 277 cm³/mol. The molecule has 0 aromatic rings. The van der Waals surface area contributed by atoms with Gasteiger partial charge in [0.2, 0.25) is 0 Å². The van der Waals surface area contributed by atoms with Crippen LogP contribution >= 0.6 is 0 Å². The van der Waals surface area contributed by atoms with E-state index in [9.17, 15) is 30.6 Å². The van der Waals surface area contributed by atoms with E-state index in [1.165, 1.54) is 0 Å². The van der Waals surface area contributed by atoms with Gasteiger partial charge in [-0.3, -0.25) is 0 Å². The third-order valence-corrected chi connectivity index (χ3v) is 20.1. The maximum Gasteiger partial charge on any atom is 0.187 e. The molecule has 9 aliphatic heterocycles. The quantitative estimate of drug-likeness (QED) is 0.122. The molecule has 0 aromatic carbocycles. The number of ether oxygens (including phenoxy) is 16. The molecule has 0 radical (unpaired) electrons. The first-order chi connectivity index (χ1) is 37.6. The van der Waals surface area contributed by atoms with Crippen molar-refractivity contribution in [1.29, 1.82) is 0 Å². The highest BCUT2D eigenvalue weighted by atomic mass is 16.8. The van der Waals surface area contributed by atoms with Crippen LogP contribution in [0.3, 0.4) is 0 Å². The minimum atomic E-state index is -1.71. The summed E-state index contributed by atoms with van der Waals surface area (Å²) in [6, 6.07) is 0. The van der Waals surface area contributed by atoms with Gasteiger partial charge in [-0.1, -0.05) is 90.0 Å². The number of aliphatic hydroxyl groups excluding tert-OH is 6.